The normalized spacial score (nSPS) is 10.6. The van der Waals surface area contributed by atoms with E-state index in [-0.39, 0.29) is 0 Å². The Balaban J connectivity index is 2.91. The Kier molecular flexibility index (Phi) is 2.60. The van der Waals surface area contributed by atoms with Gasteiger partial charge in [-0.25, -0.2) is 9.97 Å². The predicted molar refractivity (Wildman–Crippen MR) is 44.6 cm³/mol. The molecule has 0 radical (unpaired) electrons. The Bertz CT molecular complexity index is 255. The van der Waals surface area contributed by atoms with Gasteiger partial charge in [-0.2, -0.15) is 0 Å². The van der Waals surface area contributed by atoms with E-state index in [9.17, 15) is 0 Å². The molecule has 0 bridgehead atoms. The highest BCUT2D eigenvalue weighted by Crippen LogP contribution is 1.96. The average Bonchev–Trinajstić information content (AvgIpc) is 2.06. The van der Waals surface area contributed by atoms with Crippen molar-refractivity contribution in [3.8, 4) is 0 Å². The van der Waals surface area contributed by atoms with Crippen molar-refractivity contribution >= 4 is 6.08 Å². The summed E-state index contributed by atoms with van der Waals surface area (Å²) in [6.07, 6.45) is 5.78. The maximum Gasteiger partial charge on any atom is 0.153 e. The number of hydrogen-bond donors (Lipinski definition) is 1. The van der Waals surface area contributed by atoms with Gasteiger partial charge in [0.25, 0.3) is 0 Å². The van der Waals surface area contributed by atoms with Gasteiger partial charge < -0.3 is 5.73 Å². The zero-order chi connectivity index (χ0) is 8.10. The Hall–Kier alpha value is -1.38. The first-order chi connectivity index (χ1) is 5.36. The largest absolute Gasteiger partial charge is 0.404 e. The first-order valence-electron chi connectivity index (χ1n) is 3.57. The molecule has 2 N–H and O–H groups in total. The van der Waals surface area contributed by atoms with Crippen molar-refractivity contribution < 1.29 is 0 Å². The molecule has 0 aliphatic carbocycles. The molecule has 1 aromatic rings. The van der Waals surface area contributed by atoms with Gasteiger partial charge in [0, 0.05) is 11.9 Å². The van der Waals surface area contributed by atoms with Gasteiger partial charge in [-0.05, 0) is 24.8 Å². The number of nitrogens with two attached hydrogens (primary N) is 1. The lowest BCUT2D eigenvalue weighted by Crippen LogP contribution is -1.92. The first kappa shape index (κ1) is 7.72. The molecule has 0 amide bonds. The molecule has 3 heteroatoms. The number of aromatic nitrogens is 2. The van der Waals surface area contributed by atoms with Crippen LogP contribution in [0, 0.1) is 0 Å². The molecule has 0 aliphatic heterocycles. The molecule has 11 heavy (non-hydrogen) atoms. The van der Waals surface area contributed by atoms with E-state index >= 15 is 0 Å². The van der Waals surface area contributed by atoms with E-state index < -0.39 is 0 Å². The third-order valence-corrected chi connectivity index (χ3v) is 1.34. The Morgan fingerprint density at radius 2 is 2.45 bits per heavy atom. The highest BCUT2D eigenvalue weighted by Gasteiger charge is 1.91. The maximum absolute atomic E-state index is 5.19. The molecule has 1 aromatic heterocycles. The standard InChI is InChI=1S/C8H11N3/c1-2-7-4-6-10-8(11-7)3-5-9/h3-6H,2,9H2,1H3/b5-3-. The number of rotatable bonds is 2. The molecule has 0 unspecified atom stereocenters. The number of hydrogen-bond acceptors (Lipinski definition) is 3. The minimum Gasteiger partial charge on any atom is -0.404 e. The van der Waals surface area contributed by atoms with Crippen LogP contribution in [0.4, 0.5) is 0 Å². The molecule has 0 atom stereocenters. The predicted octanol–water partition coefficient (Wildman–Crippen LogP) is 0.968. The van der Waals surface area contributed by atoms with Crippen LogP contribution in [0.5, 0.6) is 0 Å². The number of aryl methyl sites for hydroxylation is 1. The van der Waals surface area contributed by atoms with Crippen LogP contribution in [0.2, 0.25) is 0 Å². The van der Waals surface area contributed by atoms with Crippen molar-refractivity contribution in [2.75, 3.05) is 0 Å². The topological polar surface area (TPSA) is 51.8 Å². The van der Waals surface area contributed by atoms with Crippen LogP contribution in [0.25, 0.3) is 6.08 Å². The molecule has 1 heterocycles. The van der Waals surface area contributed by atoms with Gasteiger partial charge in [-0.1, -0.05) is 6.92 Å². The van der Waals surface area contributed by atoms with E-state index in [4.69, 9.17) is 5.73 Å². The van der Waals surface area contributed by atoms with Crippen LogP contribution < -0.4 is 5.73 Å². The molecule has 1 rings (SSSR count). The molecule has 0 aromatic carbocycles. The summed E-state index contributed by atoms with van der Waals surface area (Å²) in [6, 6.07) is 1.90. The van der Waals surface area contributed by atoms with Crippen molar-refractivity contribution in [2.24, 2.45) is 5.73 Å². The van der Waals surface area contributed by atoms with Crippen molar-refractivity contribution in [3.63, 3.8) is 0 Å². The summed E-state index contributed by atoms with van der Waals surface area (Å²) in [5.74, 6) is 0.673. The minimum atomic E-state index is 0.673. The van der Waals surface area contributed by atoms with Crippen molar-refractivity contribution in [1.29, 1.82) is 0 Å². The van der Waals surface area contributed by atoms with Gasteiger partial charge in [0.15, 0.2) is 5.82 Å². The van der Waals surface area contributed by atoms with E-state index in [0.29, 0.717) is 5.82 Å². The van der Waals surface area contributed by atoms with Gasteiger partial charge in [-0.3, -0.25) is 0 Å². The fourth-order valence-corrected chi connectivity index (χ4v) is 0.776. The molecule has 3 nitrogen and oxygen atoms in total. The molecule has 0 aliphatic rings. The zero-order valence-corrected chi connectivity index (χ0v) is 6.49. The minimum absolute atomic E-state index is 0.673. The van der Waals surface area contributed by atoms with E-state index in [0.717, 1.165) is 12.1 Å². The fraction of sp³-hybridized carbons (Fsp3) is 0.250. The van der Waals surface area contributed by atoms with Gasteiger partial charge in [0.1, 0.15) is 0 Å². The zero-order valence-electron chi connectivity index (χ0n) is 6.49. The number of nitrogens with zero attached hydrogens (tertiary/aromatic N) is 2. The van der Waals surface area contributed by atoms with Gasteiger partial charge in [0.05, 0.1) is 0 Å². The lowest BCUT2D eigenvalue weighted by molar-refractivity contribution is 0.985. The SMILES string of the molecule is CCc1ccnc(/C=C\N)n1. The summed E-state index contributed by atoms with van der Waals surface area (Å²) >= 11 is 0. The molecule has 0 saturated heterocycles. The lowest BCUT2D eigenvalue weighted by atomic mass is 10.3. The van der Waals surface area contributed by atoms with Crippen molar-refractivity contribution in [2.45, 2.75) is 13.3 Å². The van der Waals surface area contributed by atoms with Crippen LogP contribution in [0.1, 0.15) is 18.4 Å². The summed E-state index contributed by atoms with van der Waals surface area (Å²) in [5.41, 5.74) is 6.23. The lowest BCUT2D eigenvalue weighted by Gasteiger charge is -1.95. The van der Waals surface area contributed by atoms with Crippen molar-refractivity contribution in [1.82, 2.24) is 9.97 Å². The van der Waals surface area contributed by atoms with E-state index in [1.165, 1.54) is 6.20 Å². The second-order valence-electron chi connectivity index (χ2n) is 2.12. The monoisotopic (exact) mass is 149 g/mol. The summed E-state index contributed by atoms with van der Waals surface area (Å²) in [7, 11) is 0. The third-order valence-electron chi connectivity index (χ3n) is 1.34. The van der Waals surface area contributed by atoms with Crippen LogP contribution >= 0.6 is 0 Å². The molecule has 58 valence electrons. The second-order valence-corrected chi connectivity index (χ2v) is 2.12. The van der Waals surface area contributed by atoms with Crippen LogP contribution in [-0.2, 0) is 6.42 Å². The van der Waals surface area contributed by atoms with Gasteiger partial charge in [-0.15, -0.1) is 0 Å². The average molecular weight is 149 g/mol. The second kappa shape index (κ2) is 3.71. The highest BCUT2D eigenvalue weighted by molar-refractivity contribution is 5.38. The summed E-state index contributed by atoms with van der Waals surface area (Å²) in [6.45, 7) is 2.05. The van der Waals surface area contributed by atoms with Gasteiger partial charge >= 0.3 is 0 Å². The fourth-order valence-electron chi connectivity index (χ4n) is 0.776. The third kappa shape index (κ3) is 2.04. The summed E-state index contributed by atoms with van der Waals surface area (Å²) in [5, 5.41) is 0. The maximum atomic E-state index is 5.19. The Morgan fingerprint density at radius 3 is 3.09 bits per heavy atom. The molecule has 0 spiro atoms. The van der Waals surface area contributed by atoms with E-state index in [2.05, 4.69) is 16.9 Å². The molecule has 0 fully saturated rings. The Morgan fingerprint density at radius 1 is 1.64 bits per heavy atom. The van der Waals surface area contributed by atoms with E-state index in [1.54, 1.807) is 12.3 Å². The molecule has 0 saturated carbocycles. The first-order valence-corrected chi connectivity index (χ1v) is 3.57. The van der Waals surface area contributed by atoms with Crippen LogP contribution in [0.3, 0.4) is 0 Å². The molecular weight excluding hydrogens is 138 g/mol. The van der Waals surface area contributed by atoms with Gasteiger partial charge in [0.2, 0.25) is 0 Å². The smallest absolute Gasteiger partial charge is 0.153 e. The van der Waals surface area contributed by atoms with Crippen molar-refractivity contribution in [3.05, 3.63) is 30.0 Å². The summed E-state index contributed by atoms with van der Waals surface area (Å²) in [4.78, 5) is 8.20. The van der Waals surface area contributed by atoms with E-state index in [1.807, 2.05) is 6.07 Å². The molecular formula is C8H11N3. The van der Waals surface area contributed by atoms with Crippen LogP contribution in [-0.4, -0.2) is 9.97 Å². The quantitative estimate of drug-likeness (QED) is 0.681. The Labute approximate surface area is 66.0 Å². The highest BCUT2D eigenvalue weighted by atomic mass is 14.9. The summed E-state index contributed by atoms with van der Waals surface area (Å²) < 4.78 is 0. The van der Waals surface area contributed by atoms with Crippen LogP contribution in [0.15, 0.2) is 18.5 Å².